The summed E-state index contributed by atoms with van der Waals surface area (Å²) >= 11 is 3.13. The van der Waals surface area contributed by atoms with Crippen molar-refractivity contribution >= 4 is 21.8 Å². The van der Waals surface area contributed by atoms with Crippen LogP contribution >= 0.6 is 15.9 Å². The third-order valence-corrected chi connectivity index (χ3v) is 2.72. The van der Waals surface area contributed by atoms with E-state index in [9.17, 15) is 9.18 Å². The number of nitrogens with one attached hydrogen (secondary N) is 1. The number of ether oxygens (including phenoxy) is 1. The SMILES string of the molecule is CC(CCO)NC(=O)COc1ccc(Br)cc1F. The normalized spacial score (nSPS) is 12.0. The molecule has 0 radical (unpaired) electrons. The maximum absolute atomic E-state index is 13.4. The van der Waals surface area contributed by atoms with Gasteiger partial charge in [0.05, 0.1) is 0 Å². The smallest absolute Gasteiger partial charge is 0.258 e. The van der Waals surface area contributed by atoms with Gasteiger partial charge in [-0.05, 0) is 31.5 Å². The minimum Gasteiger partial charge on any atom is -0.481 e. The van der Waals surface area contributed by atoms with Crippen LogP contribution in [0.4, 0.5) is 4.39 Å². The van der Waals surface area contributed by atoms with Gasteiger partial charge < -0.3 is 15.2 Å². The summed E-state index contributed by atoms with van der Waals surface area (Å²) in [5, 5.41) is 11.3. The second kappa shape index (κ2) is 7.33. The molecule has 0 saturated carbocycles. The number of aliphatic hydroxyl groups is 1. The molecule has 0 bridgehead atoms. The molecule has 0 heterocycles. The first-order valence-electron chi connectivity index (χ1n) is 5.51. The first-order valence-corrected chi connectivity index (χ1v) is 6.30. The molecular weight excluding hydrogens is 305 g/mol. The van der Waals surface area contributed by atoms with Gasteiger partial charge in [-0.25, -0.2) is 4.39 Å². The lowest BCUT2D eigenvalue weighted by atomic mass is 10.2. The highest BCUT2D eigenvalue weighted by Crippen LogP contribution is 2.21. The molecule has 0 aliphatic rings. The van der Waals surface area contributed by atoms with Crippen molar-refractivity contribution in [3.05, 3.63) is 28.5 Å². The number of carbonyl (C=O) groups is 1. The van der Waals surface area contributed by atoms with Crippen molar-refractivity contribution < 1.29 is 19.0 Å². The second-order valence-electron chi connectivity index (χ2n) is 3.84. The van der Waals surface area contributed by atoms with E-state index >= 15 is 0 Å². The third kappa shape index (κ3) is 5.01. The molecule has 18 heavy (non-hydrogen) atoms. The Labute approximate surface area is 113 Å². The lowest BCUT2D eigenvalue weighted by Crippen LogP contribution is -2.36. The highest BCUT2D eigenvalue weighted by atomic mass is 79.9. The monoisotopic (exact) mass is 319 g/mol. The molecule has 0 aliphatic heterocycles. The fourth-order valence-electron chi connectivity index (χ4n) is 1.32. The highest BCUT2D eigenvalue weighted by molar-refractivity contribution is 9.10. The quantitative estimate of drug-likeness (QED) is 0.841. The van der Waals surface area contributed by atoms with Crippen molar-refractivity contribution in [1.29, 1.82) is 0 Å². The van der Waals surface area contributed by atoms with Crippen LogP contribution in [0.1, 0.15) is 13.3 Å². The standard InChI is InChI=1S/C12H15BrFNO3/c1-8(4-5-16)15-12(17)7-18-11-3-2-9(13)6-10(11)14/h2-3,6,8,16H,4-5,7H2,1H3,(H,15,17). The zero-order valence-corrected chi connectivity index (χ0v) is 11.5. The predicted molar refractivity (Wildman–Crippen MR) is 68.9 cm³/mol. The number of halogens is 2. The molecular formula is C12H15BrFNO3. The van der Waals surface area contributed by atoms with Gasteiger partial charge in [-0.15, -0.1) is 0 Å². The number of hydrogen-bond acceptors (Lipinski definition) is 3. The lowest BCUT2D eigenvalue weighted by molar-refractivity contribution is -0.123. The molecule has 1 atom stereocenters. The number of rotatable bonds is 6. The van der Waals surface area contributed by atoms with E-state index in [-0.39, 0.29) is 30.9 Å². The zero-order valence-electron chi connectivity index (χ0n) is 9.95. The molecule has 0 aliphatic carbocycles. The molecule has 100 valence electrons. The average molecular weight is 320 g/mol. The van der Waals surface area contributed by atoms with E-state index in [4.69, 9.17) is 9.84 Å². The topological polar surface area (TPSA) is 58.6 Å². The first-order chi connectivity index (χ1) is 8.52. The molecule has 1 aromatic carbocycles. The average Bonchev–Trinajstić information content (AvgIpc) is 2.28. The van der Waals surface area contributed by atoms with Crippen LogP contribution in [0.2, 0.25) is 0 Å². The summed E-state index contributed by atoms with van der Waals surface area (Å²) in [6.07, 6.45) is 0.471. The van der Waals surface area contributed by atoms with E-state index in [0.29, 0.717) is 10.9 Å². The van der Waals surface area contributed by atoms with Crippen molar-refractivity contribution in [2.75, 3.05) is 13.2 Å². The molecule has 0 fully saturated rings. The number of aliphatic hydroxyl groups excluding tert-OH is 1. The molecule has 1 rings (SSSR count). The van der Waals surface area contributed by atoms with Gasteiger partial charge in [0, 0.05) is 17.1 Å². The van der Waals surface area contributed by atoms with Crippen LogP contribution in [0.25, 0.3) is 0 Å². The van der Waals surface area contributed by atoms with Crippen LogP contribution in [0, 0.1) is 5.82 Å². The molecule has 0 aromatic heterocycles. The summed E-state index contributed by atoms with van der Waals surface area (Å²) < 4.78 is 19.0. The van der Waals surface area contributed by atoms with Crippen LogP contribution in [0.3, 0.4) is 0 Å². The molecule has 1 amide bonds. The maximum atomic E-state index is 13.4. The maximum Gasteiger partial charge on any atom is 0.258 e. The largest absolute Gasteiger partial charge is 0.481 e. The summed E-state index contributed by atoms with van der Waals surface area (Å²) in [6, 6.07) is 4.21. The van der Waals surface area contributed by atoms with Gasteiger partial charge in [0.2, 0.25) is 0 Å². The minimum absolute atomic E-state index is 0.00362. The molecule has 6 heteroatoms. The lowest BCUT2D eigenvalue weighted by Gasteiger charge is -2.13. The molecule has 4 nitrogen and oxygen atoms in total. The highest BCUT2D eigenvalue weighted by Gasteiger charge is 2.09. The van der Waals surface area contributed by atoms with Gasteiger partial charge in [0.1, 0.15) is 0 Å². The first kappa shape index (κ1) is 14.9. The van der Waals surface area contributed by atoms with Crippen LogP contribution in [0.15, 0.2) is 22.7 Å². The van der Waals surface area contributed by atoms with E-state index in [1.807, 2.05) is 0 Å². The Morgan fingerprint density at radius 2 is 2.33 bits per heavy atom. The van der Waals surface area contributed by atoms with Crippen molar-refractivity contribution in [3.8, 4) is 5.75 Å². The minimum atomic E-state index is -0.527. The van der Waals surface area contributed by atoms with E-state index < -0.39 is 5.82 Å². The summed E-state index contributed by atoms with van der Waals surface area (Å²) in [4.78, 5) is 11.4. The van der Waals surface area contributed by atoms with Crippen LogP contribution in [-0.4, -0.2) is 30.3 Å². The third-order valence-electron chi connectivity index (χ3n) is 2.22. The fourth-order valence-corrected chi connectivity index (χ4v) is 1.65. The van der Waals surface area contributed by atoms with Crippen LogP contribution in [-0.2, 0) is 4.79 Å². The van der Waals surface area contributed by atoms with Crippen LogP contribution < -0.4 is 10.1 Å². The van der Waals surface area contributed by atoms with E-state index in [2.05, 4.69) is 21.2 Å². The Morgan fingerprint density at radius 3 is 2.94 bits per heavy atom. The number of carbonyl (C=O) groups excluding carboxylic acids is 1. The Bertz CT molecular complexity index is 414. The van der Waals surface area contributed by atoms with Crippen molar-refractivity contribution in [3.63, 3.8) is 0 Å². The summed E-state index contributed by atoms with van der Waals surface area (Å²) in [5.41, 5.74) is 0. The van der Waals surface area contributed by atoms with Crippen molar-refractivity contribution in [2.45, 2.75) is 19.4 Å². The van der Waals surface area contributed by atoms with Gasteiger partial charge in [0.25, 0.3) is 5.91 Å². The van der Waals surface area contributed by atoms with Gasteiger partial charge >= 0.3 is 0 Å². The van der Waals surface area contributed by atoms with Crippen molar-refractivity contribution in [1.82, 2.24) is 5.32 Å². The Morgan fingerprint density at radius 1 is 1.61 bits per heavy atom. The molecule has 1 aromatic rings. The molecule has 1 unspecified atom stereocenters. The molecule has 2 N–H and O–H groups in total. The molecule has 0 spiro atoms. The van der Waals surface area contributed by atoms with E-state index in [1.54, 1.807) is 13.0 Å². The van der Waals surface area contributed by atoms with Crippen molar-refractivity contribution in [2.24, 2.45) is 0 Å². The summed E-state index contributed by atoms with van der Waals surface area (Å²) in [7, 11) is 0. The fraction of sp³-hybridized carbons (Fsp3) is 0.417. The van der Waals surface area contributed by atoms with Crippen LogP contribution in [0.5, 0.6) is 5.75 Å². The van der Waals surface area contributed by atoms with Gasteiger partial charge in [-0.3, -0.25) is 4.79 Å². The van der Waals surface area contributed by atoms with Gasteiger partial charge in [-0.1, -0.05) is 15.9 Å². The number of amides is 1. The molecule has 0 saturated heterocycles. The second-order valence-corrected chi connectivity index (χ2v) is 4.76. The van der Waals surface area contributed by atoms with E-state index in [1.165, 1.54) is 12.1 Å². The summed E-state index contributed by atoms with van der Waals surface area (Å²) in [5.74, 6) is -0.845. The van der Waals surface area contributed by atoms with Gasteiger partial charge in [0.15, 0.2) is 18.2 Å². The van der Waals surface area contributed by atoms with Gasteiger partial charge in [-0.2, -0.15) is 0 Å². The zero-order chi connectivity index (χ0) is 13.5. The Hall–Kier alpha value is -1.14. The number of benzene rings is 1. The van der Waals surface area contributed by atoms with E-state index in [0.717, 1.165) is 0 Å². The number of hydrogen-bond donors (Lipinski definition) is 2. The predicted octanol–water partition coefficient (Wildman–Crippen LogP) is 1.85. The Kier molecular flexibility index (Phi) is 6.07. The Balaban J connectivity index is 2.42. The summed E-state index contributed by atoms with van der Waals surface area (Å²) in [6.45, 7) is 1.52.